The summed E-state index contributed by atoms with van der Waals surface area (Å²) in [6, 6.07) is 18.1. The molecule has 3 aromatic rings. The Bertz CT molecular complexity index is 1000. The second-order valence-corrected chi connectivity index (χ2v) is 8.14. The summed E-state index contributed by atoms with van der Waals surface area (Å²) in [4.78, 5) is 15.6. The van der Waals surface area contributed by atoms with Crippen LogP contribution < -0.4 is 5.32 Å². The molecule has 156 valence electrons. The molecule has 5 heteroatoms. The predicted molar refractivity (Wildman–Crippen MR) is 121 cm³/mol. The third-order valence-corrected chi connectivity index (χ3v) is 5.77. The zero-order valence-electron chi connectivity index (χ0n) is 17.9. The van der Waals surface area contributed by atoms with Crippen molar-refractivity contribution in [3.8, 4) is 16.9 Å². The molecule has 0 saturated carbocycles. The minimum Gasteiger partial charge on any atom is -0.349 e. The van der Waals surface area contributed by atoms with Crippen LogP contribution >= 0.6 is 0 Å². The third-order valence-electron chi connectivity index (χ3n) is 5.77. The highest BCUT2D eigenvalue weighted by Crippen LogP contribution is 2.24. The summed E-state index contributed by atoms with van der Waals surface area (Å²) < 4.78 is 1.79. The first-order valence-corrected chi connectivity index (χ1v) is 10.9. The summed E-state index contributed by atoms with van der Waals surface area (Å²) in [6.07, 6.45) is 3.84. The minimum absolute atomic E-state index is 0.0809. The summed E-state index contributed by atoms with van der Waals surface area (Å²) in [6.45, 7) is 7.93. The van der Waals surface area contributed by atoms with E-state index in [-0.39, 0.29) is 5.91 Å². The van der Waals surface area contributed by atoms with Crippen molar-refractivity contribution in [2.45, 2.75) is 33.1 Å². The minimum atomic E-state index is -0.0809. The monoisotopic (exact) mass is 402 g/mol. The molecule has 1 fully saturated rings. The zero-order valence-corrected chi connectivity index (χ0v) is 17.9. The van der Waals surface area contributed by atoms with Gasteiger partial charge >= 0.3 is 0 Å². The average molecular weight is 403 g/mol. The molecular formula is C25H30N4O. The Labute approximate surface area is 178 Å². The molecule has 30 heavy (non-hydrogen) atoms. The molecule has 2 aromatic carbocycles. The molecule has 0 spiro atoms. The van der Waals surface area contributed by atoms with E-state index in [1.54, 1.807) is 4.68 Å². The van der Waals surface area contributed by atoms with Crippen LogP contribution in [0.25, 0.3) is 16.9 Å². The molecule has 0 bridgehead atoms. The number of aryl methyl sites for hydroxylation is 2. The Kier molecular flexibility index (Phi) is 6.29. The number of hydrogen-bond donors (Lipinski definition) is 1. The number of carbonyl (C=O) groups excluding carboxylic acids is 1. The lowest BCUT2D eigenvalue weighted by molar-refractivity contribution is 0.0939. The van der Waals surface area contributed by atoms with E-state index in [1.165, 1.54) is 19.3 Å². The summed E-state index contributed by atoms with van der Waals surface area (Å²) in [5.41, 5.74) is 5.55. The van der Waals surface area contributed by atoms with Crippen LogP contribution in [0, 0.1) is 13.8 Å². The highest BCUT2D eigenvalue weighted by atomic mass is 16.2. The van der Waals surface area contributed by atoms with Crippen LogP contribution in [0.4, 0.5) is 0 Å². The third kappa shape index (κ3) is 4.62. The van der Waals surface area contributed by atoms with E-state index < -0.39 is 0 Å². The first kappa shape index (κ1) is 20.4. The summed E-state index contributed by atoms with van der Waals surface area (Å²) in [5, 5.41) is 7.93. The SMILES string of the molecule is Cc1ccc(C)c(-n2nc(-c3ccccc3)cc2C(=O)NCCN2CCCCC2)c1. The maximum Gasteiger partial charge on any atom is 0.270 e. The van der Waals surface area contributed by atoms with Gasteiger partial charge in [0.25, 0.3) is 5.91 Å². The largest absolute Gasteiger partial charge is 0.349 e. The molecule has 4 rings (SSSR count). The molecule has 0 unspecified atom stereocenters. The lowest BCUT2D eigenvalue weighted by Gasteiger charge is -2.26. The number of hydrogen-bond acceptors (Lipinski definition) is 3. The number of likely N-dealkylation sites (tertiary alicyclic amines) is 1. The standard InChI is InChI=1S/C25H30N4O/c1-19-11-12-20(2)23(17-19)29-24(18-22(27-29)21-9-5-3-6-10-21)25(30)26-13-16-28-14-7-4-8-15-28/h3,5-6,9-12,17-18H,4,7-8,13-16H2,1-2H3,(H,26,30). The highest BCUT2D eigenvalue weighted by molar-refractivity contribution is 5.94. The van der Waals surface area contributed by atoms with Crippen LogP contribution in [0.2, 0.25) is 0 Å². The molecule has 5 nitrogen and oxygen atoms in total. The Balaban J connectivity index is 1.60. The number of carbonyl (C=O) groups is 1. The second kappa shape index (κ2) is 9.26. The second-order valence-electron chi connectivity index (χ2n) is 8.14. The van der Waals surface area contributed by atoms with Gasteiger partial charge in [-0.15, -0.1) is 0 Å². The van der Waals surface area contributed by atoms with E-state index in [1.807, 2.05) is 36.4 Å². The number of amides is 1. The Morgan fingerprint density at radius 2 is 1.77 bits per heavy atom. The van der Waals surface area contributed by atoms with Crippen molar-refractivity contribution in [2.24, 2.45) is 0 Å². The highest BCUT2D eigenvalue weighted by Gasteiger charge is 2.19. The summed E-state index contributed by atoms with van der Waals surface area (Å²) >= 11 is 0. The molecule has 0 aliphatic carbocycles. The number of piperidine rings is 1. The van der Waals surface area contributed by atoms with Crippen LogP contribution in [0.15, 0.2) is 54.6 Å². The van der Waals surface area contributed by atoms with Crippen LogP contribution in [-0.4, -0.2) is 46.8 Å². The quantitative estimate of drug-likeness (QED) is 0.666. The van der Waals surface area contributed by atoms with Gasteiger partial charge in [0.2, 0.25) is 0 Å². The van der Waals surface area contributed by atoms with Gasteiger partial charge in [-0.1, -0.05) is 48.9 Å². The number of aromatic nitrogens is 2. The summed E-state index contributed by atoms with van der Waals surface area (Å²) in [5.74, 6) is -0.0809. The first-order valence-electron chi connectivity index (χ1n) is 10.9. The molecule has 0 atom stereocenters. The van der Waals surface area contributed by atoms with E-state index in [4.69, 9.17) is 5.10 Å². The fraction of sp³-hybridized carbons (Fsp3) is 0.360. The molecule has 2 heterocycles. The van der Waals surface area contributed by atoms with Crippen molar-refractivity contribution >= 4 is 5.91 Å². The van der Waals surface area contributed by atoms with Crippen LogP contribution in [0.1, 0.15) is 40.9 Å². The van der Waals surface area contributed by atoms with Crippen molar-refractivity contribution < 1.29 is 4.79 Å². The van der Waals surface area contributed by atoms with Crippen molar-refractivity contribution in [3.05, 3.63) is 71.4 Å². The first-order chi connectivity index (χ1) is 14.6. The molecule has 1 amide bonds. The van der Waals surface area contributed by atoms with Gasteiger partial charge in [-0.25, -0.2) is 4.68 Å². The maximum absolute atomic E-state index is 13.1. The molecule has 1 aromatic heterocycles. The van der Waals surface area contributed by atoms with Gasteiger partial charge in [0.05, 0.1) is 11.4 Å². The molecule has 1 saturated heterocycles. The molecular weight excluding hydrogens is 372 g/mol. The van der Waals surface area contributed by atoms with E-state index in [2.05, 4.69) is 42.3 Å². The Morgan fingerprint density at radius 1 is 1.00 bits per heavy atom. The van der Waals surface area contributed by atoms with Crippen LogP contribution in [0.5, 0.6) is 0 Å². The van der Waals surface area contributed by atoms with E-state index in [0.717, 1.165) is 47.7 Å². The fourth-order valence-electron chi connectivity index (χ4n) is 4.03. The normalized spacial score (nSPS) is 14.6. The van der Waals surface area contributed by atoms with Crippen LogP contribution in [0.3, 0.4) is 0 Å². The zero-order chi connectivity index (χ0) is 20.9. The molecule has 1 N–H and O–H groups in total. The molecule has 1 aliphatic heterocycles. The van der Waals surface area contributed by atoms with Gasteiger partial charge in [0.1, 0.15) is 5.69 Å². The van der Waals surface area contributed by atoms with Gasteiger partial charge in [-0.2, -0.15) is 5.10 Å². The van der Waals surface area contributed by atoms with Crippen molar-refractivity contribution in [2.75, 3.05) is 26.2 Å². The van der Waals surface area contributed by atoms with Gasteiger partial charge in [0.15, 0.2) is 0 Å². The Hall–Kier alpha value is -2.92. The van der Waals surface area contributed by atoms with Gasteiger partial charge in [0, 0.05) is 18.7 Å². The van der Waals surface area contributed by atoms with Crippen molar-refractivity contribution in [3.63, 3.8) is 0 Å². The number of nitrogens with zero attached hydrogens (tertiary/aromatic N) is 3. The predicted octanol–water partition coefficient (Wildman–Crippen LogP) is 4.37. The van der Waals surface area contributed by atoms with E-state index in [0.29, 0.717) is 12.2 Å². The van der Waals surface area contributed by atoms with Gasteiger partial charge in [-0.05, 0) is 63.0 Å². The maximum atomic E-state index is 13.1. The smallest absolute Gasteiger partial charge is 0.270 e. The van der Waals surface area contributed by atoms with Gasteiger partial charge in [-0.3, -0.25) is 4.79 Å². The van der Waals surface area contributed by atoms with E-state index in [9.17, 15) is 4.79 Å². The molecule has 0 radical (unpaired) electrons. The fourth-order valence-corrected chi connectivity index (χ4v) is 4.03. The van der Waals surface area contributed by atoms with Crippen molar-refractivity contribution in [1.29, 1.82) is 0 Å². The lowest BCUT2D eigenvalue weighted by Crippen LogP contribution is -2.38. The van der Waals surface area contributed by atoms with Crippen molar-refractivity contribution in [1.82, 2.24) is 20.0 Å². The number of benzene rings is 2. The topological polar surface area (TPSA) is 50.2 Å². The van der Waals surface area contributed by atoms with E-state index >= 15 is 0 Å². The average Bonchev–Trinajstić information content (AvgIpc) is 3.22. The van der Waals surface area contributed by atoms with Crippen LogP contribution in [-0.2, 0) is 0 Å². The van der Waals surface area contributed by atoms with Gasteiger partial charge < -0.3 is 10.2 Å². The Morgan fingerprint density at radius 3 is 2.53 bits per heavy atom. The number of nitrogens with one attached hydrogen (secondary N) is 1. The lowest BCUT2D eigenvalue weighted by atomic mass is 10.1. The number of rotatable bonds is 6. The molecule has 1 aliphatic rings. The summed E-state index contributed by atoms with van der Waals surface area (Å²) in [7, 11) is 0.